The van der Waals surface area contributed by atoms with E-state index in [2.05, 4.69) is 0 Å². The first-order valence-electron chi connectivity index (χ1n) is 9.87. The quantitative estimate of drug-likeness (QED) is 0.637. The number of hydrogen-bond donors (Lipinski definition) is 0. The number of piperazine rings is 1. The predicted molar refractivity (Wildman–Crippen MR) is 118 cm³/mol. The van der Waals surface area contributed by atoms with E-state index in [4.69, 9.17) is 4.74 Å². The maximum Gasteiger partial charge on any atom is 0.253 e. The van der Waals surface area contributed by atoms with Crippen LogP contribution in [0.25, 0.3) is 0 Å². The molecule has 2 aromatic rings. The van der Waals surface area contributed by atoms with Gasteiger partial charge in [0.25, 0.3) is 5.91 Å². The first-order valence-corrected chi connectivity index (χ1v) is 11.0. The molecule has 3 rings (SSSR count). The molecule has 0 bridgehead atoms. The predicted octanol–water partition coefficient (Wildman–Crippen LogP) is 3.12. The van der Waals surface area contributed by atoms with Crippen LogP contribution in [0.3, 0.4) is 0 Å². The van der Waals surface area contributed by atoms with Crippen LogP contribution < -0.4 is 4.74 Å². The maximum atomic E-state index is 12.6. The lowest BCUT2D eigenvalue weighted by Crippen LogP contribution is -2.51. The number of carbonyl (C=O) groups excluding carboxylic acids is 3. The summed E-state index contributed by atoms with van der Waals surface area (Å²) in [5, 5.41) is 0. The minimum absolute atomic E-state index is 0.00269. The minimum Gasteiger partial charge on any atom is -0.496 e. The molecule has 7 heteroatoms. The summed E-state index contributed by atoms with van der Waals surface area (Å²) < 4.78 is 5.37. The van der Waals surface area contributed by atoms with Crippen LogP contribution in [-0.4, -0.2) is 66.4 Å². The highest BCUT2D eigenvalue weighted by atomic mass is 32.2. The van der Waals surface area contributed by atoms with Crippen molar-refractivity contribution in [3.05, 3.63) is 65.2 Å². The molecular formula is C23H26N2O4S. The molecule has 1 aliphatic heterocycles. The molecule has 0 spiro atoms. The Morgan fingerprint density at radius 3 is 2.23 bits per heavy atom. The van der Waals surface area contributed by atoms with Crippen molar-refractivity contribution >= 4 is 29.4 Å². The van der Waals surface area contributed by atoms with Crippen molar-refractivity contribution in [1.29, 1.82) is 0 Å². The molecule has 1 aliphatic rings. The van der Waals surface area contributed by atoms with E-state index in [-0.39, 0.29) is 17.6 Å². The lowest BCUT2D eigenvalue weighted by Gasteiger charge is -2.34. The van der Waals surface area contributed by atoms with Crippen LogP contribution in [0.1, 0.15) is 33.2 Å². The summed E-state index contributed by atoms with van der Waals surface area (Å²) in [5.41, 5.74) is 2.22. The van der Waals surface area contributed by atoms with E-state index in [1.807, 2.05) is 41.3 Å². The number of amides is 2. The highest BCUT2D eigenvalue weighted by Gasteiger charge is 2.24. The third-order valence-corrected chi connectivity index (χ3v) is 6.08. The van der Waals surface area contributed by atoms with Gasteiger partial charge in [-0.1, -0.05) is 18.2 Å². The van der Waals surface area contributed by atoms with Gasteiger partial charge in [0.15, 0.2) is 5.78 Å². The van der Waals surface area contributed by atoms with Crippen molar-refractivity contribution in [2.75, 3.05) is 39.0 Å². The van der Waals surface area contributed by atoms with Gasteiger partial charge in [-0.15, -0.1) is 11.8 Å². The van der Waals surface area contributed by atoms with Crippen LogP contribution in [0, 0.1) is 0 Å². The summed E-state index contributed by atoms with van der Waals surface area (Å²) in [7, 11) is 1.60. The van der Waals surface area contributed by atoms with E-state index in [0.29, 0.717) is 54.6 Å². The normalized spacial score (nSPS) is 13.8. The molecule has 2 aromatic carbocycles. The fraction of sp³-hybridized carbons (Fsp3) is 0.348. The third-order valence-electron chi connectivity index (χ3n) is 5.11. The van der Waals surface area contributed by atoms with E-state index >= 15 is 0 Å². The van der Waals surface area contributed by atoms with Gasteiger partial charge in [-0.05, 0) is 37.3 Å². The van der Waals surface area contributed by atoms with E-state index in [1.54, 1.807) is 24.1 Å². The highest BCUT2D eigenvalue weighted by Crippen LogP contribution is 2.25. The van der Waals surface area contributed by atoms with Crippen LogP contribution in [0.15, 0.2) is 48.5 Å². The molecule has 0 N–H and O–H groups in total. The zero-order valence-electron chi connectivity index (χ0n) is 17.3. The van der Waals surface area contributed by atoms with Gasteiger partial charge in [0, 0.05) is 48.6 Å². The molecule has 158 valence electrons. The number of benzene rings is 2. The number of nitrogens with zero attached hydrogens (tertiary/aromatic N) is 2. The Bertz CT molecular complexity index is 909. The van der Waals surface area contributed by atoms with Gasteiger partial charge in [-0.25, -0.2) is 0 Å². The maximum absolute atomic E-state index is 12.6. The molecule has 0 aromatic heterocycles. The lowest BCUT2D eigenvalue weighted by molar-refractivity contribution is -0.129. The zero-order valence-corrected chi connectivity index (χ0v) is 18.1. The second kappa shape index (κ2) is 10.3. The number of rotatable bonds is 7. The Morgan fingerprint density at radius 1 is 0.933 bits per heavy atom. The molecular weight excluding hydrogens is 400 g/mol. The minimum atomic E-state index is 0.00269. The van der Waals surface area contributed by atoms with Crippen LogP contribution in [0.5, 0.6) is 5.75 Å². The van der Waals surface area contributed by atoms with Crippen LogP contribution in [0.4, 0.5) is 0 Å². The Hall–Kier alpha value is -2.80. The van der Waals surface area contributed by atoms with Crippen LogP contribution >= 0.6 is 11.8 Å². The molecule has 0 atom stereocenters. The average molecular weight is 427 g/mol. The summed E-state index contributed by atoms with van der Waals surface area (Å²) in [6.07, 6.45) is 0. The first kappa shape index (κ1) is 21.9. The van der Waals surface area contributed by atoms with E-state index in [1.165, 1.54) is 18.7 Å². The van der Waals surface area contributed by atoms with Crippen LogP contribution in [-0.2, 0) is 10.5 Å². The zero-order chi connectivity index (χ0) is 21.5. The van der Waals surface area contributed by atoms with Crippen molar-refractivity contribution < 1.29 is 19.1 Å². The number of carbonyl (C=O) groups is 3. The summed E-state index contributed by atoms with van der Waals surface area (Å²) in [5.74, 6) is 1.72. The highest BCUT2D eigenvalue weighted by molar-refractivity contribution is 7.99. The van der Waals surface area contributed by atoms with Gasteiger partial charge in [-0.2, -0.15) is 0 Å². The molecule has 6 nitrogen and oxygen atoms in total. The second-order valence-corrected chi connectivity index (χ2v) is 8.10. The fourth-order valence-electron chi connectivity index (χ4n) is 3.37. The third kappa shape index (κ3) is 5.42. The number of hydrogen-bond acceptors (Lipinski definition) is 5. The number of ketones is 1. The molecule has 2 amide bonds. The molecule has 0 aliphatic carbocycles. The van der Waals surface area contributed by atoms with Gasteiger partial charge in [0.1, 0.15) is 5.75 Å². The number of ether oxygens (including phenoxy) is 1. The van der Waals surface area contributed by atoms with E-state index in [0.717, 1.165) is 5.56 Å². The van der Waals surface area contributed by atoms with Gasteiger partial charge in [-0.3, -0.25) is 14.4 Å². The largest absolute Gasteiger partial charge is 0.496 e. The topological polar surface area (TPSA) is 66.9 Å². The summed E-state index contributed by atoms with van der Waals surface area (Å²) >= 11 is 1.50. The summed E-state index contributed by atoms with van der Waals surface area (Å²) in [6.45, 7) is 3.70. The van der Waals surface area contributed by atoms with Gasteiger partial charge in [0.05, 0.1) is 12.9 Å². The fourth-order valence-corrected chi connectivity index (χ4v) is 4.28. The smallest absolute Gasteiger partial charge is 0.253 e. The van der Waals surface area contributed by atoms with Crippen LogP contribution in [0.2, 0.25) is 0 Å². The van der Waals surface area contributed by atoms with Crippen molar-refractivity contribution in [3.8, 4) is 5.75 Å². The van der Waals surface area contributed by atoms with Gasteiger partial charge < -0.3 is 14.5 Å². The Balaban J connectivity index is 1.48. The van der Waals surface area contributed by atoms with Gasteiger partial charge in [0.2, 0.25) is 5.91 Å². The number of methoxy groups -OCH3 is 1. The molecule has 0 radical (unpaired) electrons. The van der Waals surface area contributed by atoms with Crippen molar-refractivity contribution in [2.24, 2.45) is 0 Å². The van der Waals surface area contributed by atoms with E-state index < -0.39 is 0 Å². The van der Waals surface area contributed by atoms with Gasteiger partial charge >= 0.3 is 0 Å². The average Bonchev–Trinajstić information content (AvgIpc) is 2.79. The Labute approximate surface area is 181 Å². The monoisotopic (exact) mass is 426 g/mol. The van der Waals surface area contributed by atoms with Crippen molar-refractivity contribution in [1.82, 2.24) is 9.80 Å². The molecule has 1 heterocycles. The SMILES string of the molecule is COc1ccc(C(C)=O)cc1CSCC(=O)N1CCN(C(=O)c2ccccc2)CC1. The molecule has 30 heavy (non-hydrogen) atoms. The Morgan fingerprint density at radius 2 is 1.60 bits per heavy atom. The molecule has 0 saturated carbocycles. The van der Waals surface area contributed by atoms with Crippen molar-refractivity contribution in [2.45, 2.75) is 12.7 Å². The molecule has 0 unspecified atom stereocenters. The Kier molecular flexibility index (Phi) is 7.52. The number of thioether (sulfide) groups is 1. The molecule has 1 saturated heterocycles. The number of Topliss-reactive ketones (excluding diaryl/α,β-unsaturated/α-hetero) is 1. The lowest BCUT2D eigenvalue weighted by atomic mass is 10.1. The summed E-state index contributed by atoms with van der Waals surface area (Å²) in [6, 6.07) is 14.6. The van der Waals surface area contributed by atoms with Crippen molar-refractivity contribution in [3.63, 3.8) is 0 Å². The first-order chi connectivity index (χ1) is 14.5. The van der Waals surface area contributed by atoms with E-state index in [9.17, 15) is 14.4 Å². The summed E-state index contributed by atoms with van der Waals surface area (Å²) in [4.78, 5) is 40.3. The standard InChI is InChI=1S/C23H26N2O4S/c1-17(26)19-8-9-21(29-2)20(14-19)15-30-16-22(27)24-10-12-25(13-11-24)23(28)18-6-4-3-5-7-18/h3-9,14H,10-13,15-16H2,1-2H3. The molecule has 1 fully saturated rings. The second-order valence-electron chi connectivity index (χ2n) is 7.11.